The summed E-state index contributed by atoms with van der Waals surface area (Å²) in [5.41, 5.74) is -5.17. The molecule has 0 saturated heterocycles. The molecule has 3 nitrogen and oxygen atoms in total. The average Bonchev–Trinajstić information content (AvgIpc) is 3.40. The van der Waals surface area contributed by atoms with E-state index in [0.717, 1.165) is 36.5 Å². The molecule has 13 heteroatoms. The number of allylic oxidation sites excluding steroid dienone is 5. The van der Waals surface area contributed by atoms with Crippen LogP contribution in [0.1, 0.15) is 120 Å². The topological polar surface area (TPSA) is 27.7 Å². The van der Waals surface area contributed by atoms with Gasteiger partial charge in [0.15, 0.2) is 25.0 Å². The number of rotatable bonds is 15. The van der Waals surface area contributed by atoms with Gasteiger partial charge in [0.05, 0.1) is 11.7 Å². The Morgan fingerprint density at radius 3 is 2.04 bits per heavy atom. The second-order valence-corrected chi connectivity index (χ2v) is 34.4. The summed E-state index contributed by atoms with van der Waals surface area (Å²) in [5.74, 6) is -0.755. The Kier molecular flexibility index (Phi) is 12.9. The molecule has 0 aromatic heterocycles. The van der Waals surface area contributed by atoms with Crippen LogP contribution in [-0.4, -0.2) is 60.8 Å². The third-order valence-corrected chi connectivity index (χ3v) is 19.2. The molecule has 0 unspecified atom stereocenters. The van der Waals surface area contributed by atoms with E-state index in [1.807, 2.05) is 12.2 Å². The zero-order valence-corrected chi connectivity index (χ0v) is 39.6. The average molecular weight is 875 g/mol. The maximum atomic E-state index is 15.5. The van der Waals surface area contributed by atoms with Crippen LogP contribution in [0.4, 0.5) is 30.7 Å². The fraction of sp³-hybridized carbons (Fsp3) is 0.818. The van der Waals surface area contributed by atoms with Crippen molar-refractivity contribution in [3.8, 4) is 0 Å². The van der Waals surface area contributed by atoms with E-state index in [2.05, 4.69) is 47.4 Å². The SMILES string of the molecule is [2H]C([2H])([2H])C(CCC[C@@H](C/C=C\C(O[Si](C)(C)C)(C(F)(F)F)C(F)(F)F)[C@H]1CC[C@H]2/C(=C/C=C3/C[C@@H](O[Si](C)(C)C(C)(C)C)C[C@H](F)C3=C)CCC[C@]12C)(O[Si](C)(C)C)C([2H])([2H])[2H]. The van der Waals surface area contributed by atoms with Crippen molar-refractivity contribution in [3.05, 3.63) is 47.6 Å². The van der Waals surface area contributed by atoms with Crippen LogP contribution in [0.3, 0.4) is 0 Å². The first-order valence-electron chi connectivity index (χ1n) is 23.7. The van der Waals surface area contributed by atoms with E-state index < -0.39 is 86.1 Å². The quantitative estimate of drug-likeness (QED) is 0.0932. The van der Waals surface area contributed by atoms with Crippen molar-refractivity contribution >= 4 is 25.0 Å². The number of halogens is 7. The minimum atomic E-state index is -5.82. The number of fused-ring (bicyclic) bond motifs is 1. The first-order valence-corrected chi connectivity index (χ1v) is 30.4. The molecule has 6 atom stereocenters. The fourth-order valence-corrected chi connectivity index (χ4v) is 13.0. The Bertz CT molecular complexity index is 1660. The van der Waals surface area contributed by atoms with E-state index in [9.17, 15) is 26.3 Å². The highest BCUT2D eigenvalue weighted by atomic mass is 28.4. The van der Waals surface area contributed by atoms with Gasteiger partial charge in [0.1, 0.15) is 6.17 Å². The normalized spacial score (nSPS) is 30.5. The van der Waals surface area contributed by atoms with Gasteiger partial charge in [-0.05, 0) is 169 Å². The summed E-state index contributed by atoms with van der Waals surface area (Å²) in [6.45, 7) is 19.6. The molecule has 57 heavy (non-hydrogen) atoms. The summed E-state index contributed by atoms with van der Waals surface area (Å²) >= 11 is 0. The van der Waals surface area contributed by atoms with Crippen molar-refractivity contribution in [2.24, 2.45) is 23.2 Å². The Morgan fingerprint density at radius 2 is 1.51 bits per heavy atom. The summed E-state index contributed by atoms with van der Waals surface area (Å²) in [4.78, 5) is 0. The Balaban J connectivity index is 2.09. The summed E-state index contributed by atoms with van der Waals surface area (Å²) in [5, 5.41) is -0.0598. The van der Waals surface area contributed by atoms with E-state index >= 15 is 4.39 Å². The summed E-state index contributed by atoms with van der Waals surface area (Å²) < 4.78 is 171. The lowest BCUT2D eigenvalue weighted by molar-refractivity contribution is -0.340. The van der Waals surface area contributed by atoms with E-state index in [4.69, 9.17) is 21.5 Å². The summed E-state index contributed by atoms with van der Waals surface area (Å²) in [6, 6.07) is 0. The summed E-state index contributed by atoms with van der Waals surface area (Å²) in [7, 11) is -8.46. The van der Waals surface area contributed by atoms with Crippen molar-refractivity contribution in [2.45, 2.75) is 205 Å². The third-order valence-electron chi connectivity index (χ3n) is 12.8. The standard InChI is InChI=1S/C44H75F7O3Si3/c1-31-34(29-35(30-38(31)45)52-57(14,15)39(2,3)4)23-22-33-20-17-27-41(7)36(24-25-37(33)41)32(19-16-26-40(5,6)53-55(8,9)10)21-18-28-42(43(46,47)48,44(49,50)51)54-56(11,12)13/h18,22-23,28,32,35-38H,1,16-17,19-21,24-27,29-30H2,2-15H3/b28-18-,33-22+,34-23-/t32-,35+,36+,37-,38-,41+/m0/s1/i5D3,6D3. The molecule has 0 radical (unpaired) electrons. The van der Waals surface area contributed by atoms with Crippen LogP contribution in [0.5, 0.6) is 0 Å². The van der Waals surface area contributed by atoms with Crippen molar-refractivity contribution in [2.75, 3.05) is 0 Å². The van der Waals surface area contributed by atoms with Gasteiger partial charge in [0.2, 0.25) is 0 Å². The zero-order chi connectivity index (χ0) is 48.8. The monoisotopic (exact) mass is 875 g/mol. The highest BCUT2D eigenvalue weighted by Crippen LogP contribution is 2.61. The first kappa shape index (κ1) is 41.4. The molecule has 3 fully saturated rings. The van der Waals surface area contributed by atoms with Gasteiger partial charge < -0.3 is 13.3 Å². The molecule has 0 aromatic carbocycles. The fourth-order valence-electron chi connectivity index (χ4n) is 9.22. The highest BCUT2D eigenvalue weighted by Gasteiger charge is 2.71. The van der Waals surface area contributed by atoms with Crippen LogP contribution < -0.4 is 0 Å². The minimum Gasteiger partial charge on any atom is -0.413 e. The Labute approximate surface area is 352 Å². The molecule has 3 saturated carbocycles. The lowest BCUT2D eigenvalue weighted by Gasteiger charge is -2.45. The van der Waals surface area contributed by atoms with Crippen molar-refractivity contribution in [1.82, 2.24) is 0 Å². The van der Waals surface area contributed by atoms with Crippen molar-refractivity contribution in [1.29, 1.82) is 0 Å². The molecule has 0 aromatic rings. The molecule has 0 bridgehead atoms. The third kappa shape index (κ3) is 12.8. The van der Waals surface area contributed by atoms with Crippen molar-refractivity contribution < 1.29 is 52.2 Å². The highest BCUT2D eigenvalue weighted by molar-refractivity contribution is 6.74. The van der Waals surface area contributed by atoms with Crippen LogP contribution in [-0.2, 0) is 13.3 Å². The van der Waals surface area contributed by atoms with Gasteiger partial charge in [-0.25, -0.2) is 4.39 Å². The van der Waals surface area contributed by atoms with E-state index in [0.29, 0.717) is 24.8 Å². The van der Waals surface area contributed by atoms with Crippen LogP contribution in [0.25, 0.3) is 0 Å². The predicted molar refractivity (Wildman–Crippen MR) is 229 cm³/mol. The van der Waals surface area contributed by atoms with Crippen molar-refractivity contribution in [3.63, 3.8) is 0 Å². The van der Waals surface area contributed by atoms with Gasteiger partial charge in [0, 0.05) is 14.6 Å². The predicted octanol–water partition coefficient (Wildman–Crippen LogP) is 15.2. The molecule has 0 N–H and O–H groups in total. The molecule has 0 spiro atoms. The molecule has 330 valence electrons. The Morgan fingerprint density at radius 1 is 0.912 bits per heavy atom. The lowest BCUT2D eigenvalue weighted by Crippen LogP contribution is -2.61. The van der Waals surface area contributed by atoms with Gasteiger partial charge in [-0.2, -0.15) is 26.3 Å². The molecule has 3 aliphatic carbocycles. The van der Waals surface area contributed by atoms with E-state index in [1.54, 1.807) is 19.6 Å². The maximum absolute atomic E-state index is 15.5. The van der Waals surface area contributed by atoms with E-state index in [1.165, 1.54) is 19.6 Å². The molecule has 0 aliphatic heterocycles. The number of alkyl halides is 7. The van der Waals surface area contributed by atoms with Gasteiger partial charge in [-0.15, -0.1) is 0 Å². The molecular formula is C44H75F7O3Si3. The zero-order valence-electron chi connectivity index (χ0n) is 42.6. The second kappa shape index (κ2) is 17.8. The maximum Gasteiger partial charge on any atom is 0.429 e. The molecule has 0 heterocycles. The largest absolute Gasteiger partial charge is 0.429 e. The molecule has 3 rings (SSSR count). The second-order valence-electron chi connectivity index (χ2n) is 20.7. The van der Waals surface area contributed by atoms with Gasteiger partial charge in [0.25, 0.3) is 5.60 Å². The molecular weight excluding hydrogens is 794 g/mol. The number of hydrogen-bond acceptors (Lipinski definition) is 3. The van der Waals surface area contributed by atoms with Gasteiger partial charge in [-0.3, -0.25) is 0 Å². The van der Waals surface area contributed by atoms with Gasteiger partial charge in [-0.1, -0.05) is 64.5 Å². The summed E-state index contributed by atoms with van der Waals surface area (Å²) in [6.07, 6.45) is -4.38. The number of hydrogen-bond donors (Lipinski definition) is 0. The smallest absolute Gasteiger partial charge is 0.413 e. The molecule has 3 aliphatic rings. The molecule has 0 amide bonds. The minimum absolute atomic E-state index is 0.00841. The van der Waals surface area contributed by atoms with Crippen LogP contribution in [0.2, 0.25) is 57.4 Å². The van der Waals surface area contributed by atoms with Crippen LogP contribution in [0.15, 0.2) is 47.6 Å². The van der Waals surface area contributed by atoms with Crippen LogP contribution in [0, 0.1) is 23.2 Å². The van der Waals surface area contributed by atoms with Gasteiger partial charge >= 0.3 is 12.4 Å². The van der Waals surface area contributed by atoms with E-state index in [-0.39, 0.29) is 54.7 Å². The Hall–Kier alpha value is -0.999. The first-order chi connectivity index (χ1) is 28.0. The lowest BCUT2D eigenvalue weighted by atomic mass is 9.60. The van der Waals surface area contributed by atoms with Crippen LogP contribution >= 0.6 is 0 Å².